The van der Waals surface area contributed by atoms with Crippen LogP contribution in [-0.4, -0.2) is 80.2 Å². The maximum Gasteiger partial charge on any atom is 0.336 e. The number of aliphatic hydroxyl groups is 1. The van der Waals surface area contributed by atoms with Gasteiger partial charge in [0.05, 0.1) is 19.1 Å². The van der Waals surface area contributed by atoms with E-state index in [9.17, 15) is 18.8 Å². The number of carbonyl (C=O) groups is 3. The van der Waals surface area contributed by atoms with Crippen LogP contribution in [0.3, 0.4) is 0 Å². The van der Waals surface area contributed by atoms with E-state index in [0.29, 0.717) is 0 Å². The van der Waals surface area contributed by atoms with Gasteiger partial charge < -0.3 is 25.3 Å². The number of carboxylic acids is 3. The number of nitrogens with zero attached hydrogens (tertiary/aromatic N) is 3. The molecule has 0 radical (unpaired) electrons. The Hall–Kier alpha value is -3.42. The van der Waals surface area contributed by atoms with E-state index in [1.165, 1.54) is 16.9 Å². The predicted octanol–water partition coefficient (Wildman–Crippen LogP) is 3.53. The Morgan fingerprint density at radius 2 is 1.82 bits per heavy atom. The Morgan fingerprint density at radius 3 is 2.30 bits per heavy atom. The fourth-order valence-corrected chi connectivity index (χ4v) is 5.22. The minimum absolute atomic E-state index is 0.0636. The van der Waals surface area contributed by atoms with E-state index in [4.69, 9.17) is 25.3 Å². The van der Waals surface area contributed by atoms with Crippen LogP contribution in [0.15, 0.2) is 35.6 Å². The van der Waals surface area contributed by atoms with E-state index >= 15 is 0 Å². The Labute approximate surface area is 235 Å². The summed E-state index contributed by atoms with van der Waals surface area (Å²) >= 11 is 1.23. The van der Waals surface area contributed by atoms with Gasteiger partial charge in [0.25, 0.3) is 0 Å². The largest absolute Gasteiger partial charge is 0.481 e. The molecular weight excluding hydrogens is 545 g/mol. The molecule has 1 atom stereocenters. The van der Waals surface area contributed by atoms with Crippen LogP contribution in [0.25, 0.3) is 0 Å². The molecule has 0 aromatic carbocycles. The molecule has 1 aliphatic rings. The van der Waals surface area contributed by atoms with E-state index in [1.807, 2.05) is 25.4 Å². The molecule has 1 saturated heterocycles. The van der Waals surface area contributed by atoms with Gasteiger partial charge in [0.15, 0.2) is 10.7 Å². The van der Waals surface area contributed by atoms with Crippen molar-refractivity contribution in [3.63, 3.8) is 0 Å². The highest BCUT2D eigenvalue weighted by Gasteiger charge is 2.43. The molecule has 0 aliphatic carbocycles. The highest BCUT2D eigenvalue weighted by molar-refractivity contribution is 7.10. The first-order chi connectivity index (χ1) is 18.6. The number of hydrogen-bond donors (Lipinski definition) is 4. The fourth-order valence-electron chi connectivity index (χ4n) is 4.50. The number of halogens is 1. The average molecular weight is 582 g/mol. The predicted molar refractivity (Wildman–Crippen MR) is 146 cm³/mol. The molecule has 0 bridgehead atoms. The molecule has 2 aromatic rings. The highest BCUT2D eigenvalue weighted by Crippen LogP contribution is 2.40. The summed E-state index contributed by atoms with van der Waals surface area (Å²) in [4.78, 5) is 43.5. The fraction of sp³-hybridized carbons (Fsp3) is 0.519. The van der Waals surface area contributed by atoms with Crippen molar-refractivity contribution in [2.45, 2.75) is 64.0 Å². The molecular formula is C27H36FN3O8S. The Bertz CT molecular complexity index is 1180. The van der Waals surface area contributed by atoms with E-state index in [2.05, 4.69) is 41.0 Å². The first-order valence-electron chi connectivity index (χ1n) is 12.5. The lowest BCUT2D eigenvalue weighted by Crippen LogP contribution is -2.42. The van der Waals surface area contributed by atoms with Gasteiger partial charge in [-0.15, -0.1) is 11.3 Å². The van der Waals surface area contributed by atoms with Crippen LogP contribution >= 0.6 is 11.3 Å². The number of carboxylic acid groups (broad SMARTS) is 3. The smallest absolute Gasteiger partial charge is 0.336 e. The molecule has 3 rings (SSSR count). The van der Waals surface area contributed by atoms with Crippen molar-refractivity contribution in [3.05, 3.63) is 51.7 Å². The third kappa shape index (κ3) is 9.07. The Morgan fingerprint density at radius 1 is 1.18 bits per heavy atom. The lowest BCUT2D eigenvalue weighted by atomic mass is 9.83. The van der Waals surface area contributed by atoms with Crippen LogP contribution in [0.2, 0.25) is 0 Å². The molecule has 0 unspecified atom stereocenters. The zero-order valence-corrected chi connectivity index (χ0v) is 23.8. The molecule has 0 amide bonds. The number of aliphatic carboxylic acids is 3. The van der Waals surface area contributed by atoms with Crippen LogP contribution in [0.1, 0.15) is 55.7 Å². The summed E-state index contributed by atoms with van der Waals surface area (Å²) in [7, 11) is 1.58. The number of rotatable bonds is 12. The third-order valence-electron chi connectivity index (χ3n) is 7.01. The zero-order valence-electron chi connectivity index (χ0n) is 23.0. The topological polar surface area (TPSA) is 170 Å². The lowest BCUT2D eigenvalue weighted by molar-refractivity contribution is -0.170. The molecule has 220 valence electrons. The normalized spacial score (nSPS) is 17.9. The van der Waals surface area contributed by atoms with Crippen molar-refractivity contribution in [3.8, 4) is 0 Å². The van der Waals surface area contributed by atoms with Crippen molar-refractivity contribution >= 4 is 35.5 Å². The molecule has 11 nitrogen and oxygen atoms in total. The van der Waals surface area contributed by atoms with Gasteiger partial charge in [-0.1, -0.05) is 11.2 Å². The van der Waals surface area contributed by atoms with Crippen LogP contribution in [-0.2, 0) is 31.2 Å². The quantitative estimate of drug-likeness (QED) is 0.215. The molecule has 13 heteroatoms. The molecule has 3 heterocycles. The second-order valence-corrected chi connectivity index (χ2v) is 11.5. The number of hydrogen-bond acceptors (Lipinski definition) is 9. The van der Waals surface area contributed by atoms with Gasteiger partial charge in [-0.25, -0.2) is 4.79 Å². The second kappa shape index (κ2) is 13.8. The zero-order chi connectivity index (χ0) is 30.1. The number of oxime groups is 1. The molecule has 2 aromatic heterocycles. The first kappa shape index (κ1) is 32.8. The average Bonchev–Trinajstić information content (AvgIpc) is 3.48. The summed E-state index contributed by atoms with van der Waals surface area (Å²) < 4.78 is 13.3. The Kier molecular flexibility index (Phi) is 11.3. The van der Waals surface area contributed by atoms with Crippen molar-refractivity contribution in [1.29, 1.82) is 0 Å². The van der Waals surface area contributed by atoms with E-state index < -0.39 is 36.4 Å². The minimum Gasteiger partial charge on any atom is -0.481 e. The van der Waals surface area contributed by atoms with E-state index in [1.54, 1.807) is 13.2 Å². The van der Waals surface area contributed by atoms with Gasteiger partial charge in [-0.2, -0.15) is 4.39 Å². The number of thiophene rings is 1. The van der Waals surface area contributed by atoms with E-state index in [0.717, 1.165) is 42.9 Å². The van der Waals surface area contributed by atoms with Gasteiger partial charge >= 0.3 is 17.9 Å². The van der Waals surface area contributed by atoms with Crippen molar-refractivity contribution in [2.75, 3.05) is 20.2 Å². The van der Waals surface area contributed by atoms with Crippen molar-refractivity contribution in [2.24, 2.45) is 10.6 Å². The van der Waals surface area contributed by atoms with E-state index in [-0.39, 0.29) is 16.1 Å². The van der Waals surface area contributed by atoms with Gasteiger partial charge in [-0.05, 0) is 70.3 Å². The molecule has 0 saturated carbocycles. The van der Waals surface area contributed by atoms with Crippen molar-refractivity contribution in [1.82, 2.24) is 9.88 Å². The van der Waals surface area contributed by atoms with Gasteiger partial charge in [-0.3, -0.25) is 19.5 Å². The molecule has 1 fully saturated rings. The van der Waals surface area contributed by atoms with Crippen LogP contribution in [0.5, 0.6) is 0 Å². The van der Waals surface area contributed by atoms with Crippen molar-refractivity contribution < 1.29 is 44.0 Å². The number of aryl methyl sites for hydroxylation is 2. The standard InChI is InChI=1S/C21H28FN3OS.C6H8O7/c1-16-5-6-17(13-23-16)20(2,3)25-12-11-21(15-25,14-24-26-4)10-9-18-7-8-19(22)27-18;7-3(8)1-6(13,5(11)12)2-4(9)10/h5-8,13-14H,9-12,15H2,1-4H3;13H,1-2H2,(H,7,8)(H,9,10)(H,11,12)/b24-14+;/t21-;/m0./s1. The highest BCUT2D eigenvalue weighted by atomic mass is 32.1. The maximum absolute atomic E-state index is 13.3. The molecule has 0 spiro atoms. The maximum atomic E-state index is 13.3. The molecule has 1 aliphatic heterocycles. The SMILES string of the molecule is CO/N=C/[C@]1(CCc2ccc(F)s2)CCN(C(C)(C)c2ccc(C)nc2)C1.O=C(O)CC(O)(CC(=O)O)C(=O)O. The summed E-state index contributed by atoms with van der Waals surface area (Å²) in [5, 5.41) is 37.8. The number of likely N-dealkylation sites (tertiary alicyclic amines) is 1. The first-order valence-corrected chi connectivity index (χ1v) is 13.3. The van der Waals surface area contributed by atoms with Gasteiger partial charge in [0.1, 0.15) is 7.11 Å². The summed E-state index contributed by atoms with van der Waals surface area (Å²) in [6, 6.07) is 7.66. The third-order valence-corrected chi connectivity index (χ3v) is 7.94. The van der Waals surface area contributed by atoms with Crippen LogP contribution in [0, 0.1) is 17.5 Å². The second-order valence-electron chi connectivity index (χ2n) is 10.4. The Balaban J connectivity index is 0.000000366. The van der Waals surface area contributed by atoms with Crippen LogP contribution < -0.4 is 0 Å². The van der Waals surface area contributed by atoms with Gasteiger partial charge in [0.2, 0.25) is 0 Å². The number of pyridine rings is 1. The summed E-state index contributed by atoms with van der Waals surface area (Å²) in [5.41, 5.74) is -0.671. The van der Waals surface area contributed by atoms with Gasteiger partial charge in [0, 0.05) is 34.3 Å². The van der Waals surface area contributed by atoms with Crippen LogP contribution in [0.4, 0.5) is 4.39 Å². The summed E-state index contributed by atoms with van der Waals surface area (Å²) in [5.74, 6) is -5.02. The molecule has 40 heavy (non-hydrogen) atoms. The summed E-state index contributed by atoms with van der Waals surface area (Å²) in [6.07, 6.45) is 4.44. The molecule has 4 N–H and O–H groups in total. The number of aromatic nitrogens is 1. The monoisotopic (exact) mass is 581 g/mol. The minimum atomic E-state index is -2.74. The lowest BCUT2D eigenvalue weighted by Gasteiger charge is -2.37. The summed E-state index contributed by atoms with van der Waals surface area (Å²) in [6.45, 7) is 8.38.